The molecule has 3 N–H and O–H groups in total. The van der Waals surface area contributed by atoms with Crippen molar-refractivity contribution in [2.75, 3.05) is 6.61 Å². The Morgan fingerprint density at radius 2 is 1.83 bits per heavy atom. The van der Waals surface area contributed by atoms with Crippen LogP contribution in [0.3, 0.4) is 0 Å². The topological polar surface area (TPSA) is 105 Å². The minimum absolute atomic E-state index is 0.233. The highest BCUT2D eigenvalue weighted by Crippen LogP contribution is 2.08. The van der Waals surface area contributed by atoms with Crippen LogP contribution in [0.4, 0.5) is 4.79 Å². The van der Waals surface area contributed by atoms with E-state index >= 15 is 0 Å². The normalized spacial score (nSPS) is 13.9. The van der Waals surface area contributed by atoms with Crippen molar-refractivity contribution in [1.29, 1.82) is 0 Å². The van der Waals surface area contributed by atoms with Crippen LogP contribution in [0, 0.1) is 0 Å². The van der Waals surface area contributed by atoms with Crippen LogP contribution >= 0.6 is 0 Å². The quantitative estimate of drug-likeness (QED) is 0.702. The van der Waals surface area contributed by atoms with Crippen molar-refractivity contribution in [3.05, 3.63) is 35.9 Å². The summed E-state index contributed by atoms with van der Waals surface area (Å²) >= 11 is 0. The maximum absolute atomic E-state index is 11.6. The fraction of sp³-hybridized carbons (Fsp3) is 0.500. The van der Waals surface area contributed by atoms with Crippen molar-refractivity contribution in [2.24, 2.45) is 0 Å². The Bertz CT molecular complexity index is 511. The van der Waals surface area contributed by atoms with Gasteiger partial charge in [-0.1, -0.05) is 30.3 Å². The number of benzene rings is 1. The zero-order valence-electron chi connectivity index (χ0n) is 13.5. The molecule has 128 valence electrons. The second-order valence-electron chi connectivity index (χ2n) is 6.03. The first-order chi connectivity index (χ1) is 10.7. The highest BCUT2D eigenvalue weighted by atomic mass is 16.6. The van der Waals surface area contributed by atoms with Crippen LogP contribution in [0.15, 0.2) is 30.3 Å². The number of ether oxygens (including phenoxy) is 2. The molecule has 0 heterocycles. The molecule has 1 unspecified atom stereocenters. The number of carboxylic acids is 1. The number of carboxylic acid groups (broad SMARTS) is 1. The number of carbonyl (C=O) groups is 2. The Balaban J connectivity index is 2.49. The summed E-state index contributed by atoms with van der Waals surface area (Å²) in [4.78, 5) is 22.8. The Labute approximate surface area is 135 Å². The molecule has 0 saturated carbocycles. The van der Waals surface area contributed by atoms with Crippen LogP contribution in [0.2, 0.25) is 0 Å². The van der Waals surface area contributed by atoms with E-state index in [4.69, 9.17) is 14.6 Å². The van der Waals surface area contributed by atoms with Crippen molar-refractivity contribution in [1.82, 2.24) is 5.32 Å². The van der Waals surface area contributed by atoms with Crippen LogP contribution in [-0.4, -0.2) is 46.6 Å². The van der Waals surface area contributed by atoms with Gasteiger partial charge >= 0.3 is 12.1 Å². The molecule has 2 atom stereocenters. The van der Waals surface area contributed by atoms with E-state index in [9.17, 15) is 14.7 Å². The number of hydrogen-bond acceptors (Lipinski definition) is 5. The van der Waals surface area contributed by atoms with Crippen molar-refractivity contribution in [3.8, 4) is 0 Å². The molecular weight excluding hydrogens is 302 g/mol. The van der Waals surface area contributed by atoms with Gasteiger partial charge in [-0.05, 0) is 26.3 Å². The molecule has 1 aromatic carbocycles. The van der Waals surface area contributed by atoms with Gasteiger partial charge in [-0.15, -0.1) is 0 Å². The number of aliphatic hydroxyl groups is 1. The molecule has 1 aromatic rings. The lowest BCUT2D eigenvalue weighted by atomic mass is 10.1. The smallest absolute Gasteiger partial charge is 0.408 e. The van der Waals surface area contributed by atoms with Gasteiger partial charge in [0.05, 0.1) is 13.2 Å². The molecule has 23 heavy (non-hydrogen) atoms. The van der Waals surface area contributed by atoms with E-state index in [0.717, 1.165) is 5.56 Å². The average molecular weight is 325 g/mol. The number of alkyl carbamates (subject to hydrolysis) is 1. The number of nitrogens with one attached hydrogen (secondary N) is 1. The summed E-state index contributed by atoms with van der Waals surface area (Å²) in [6.07, 6.45) is -2.31. The van der Waals surface area contributed by atoms with Gasteiger partial charge in [0.2, 0.25) is 0 Å². The van der Waals surface area contributed by atoms with Crippen molar-refractivity contribution >= 4 is 12.1 Å². The van der Waals surface area contributed by atoms with E-state index in [-0.39, 0.29) is 13.2 Å². The Morgan fingerprint density at radius 3 is 2.35 bits per heavy atom. The van der Waals surface area contributed by atoms with Gasteiger partial charge in [0.15, 0.2) is 6.04 Å². The van der Waals surface area contributed by atoms with E-state index in [1.165, 1.54) is 0 Å². The lowest BCUT2D eigenvalue weighted by Crippen LogP contribution is -2.51. The third-order valence-corrected chi connectivity index (χ3v) is 2.72. The molecule has 0 fully saturated rings. The number of aliphatic hydroxyl groups excluding tert-OH is 1. The molecule has 1 amide bonds. The summed E-state index contributed by atoms with van der Waals surface area (Å²) < 4.78 is 10.3. The molecule has 7 nitrogen and oxygen atoms in total. The number of carbonyl (C=O) groups excluding carboxylic acids is 1. The largest absolute Gasteiger partial charge is 0.480 e. The molecule has 0 aromatic heterocycles. The van der Waals surface area contributed by atoms with E-state index in [0.29, 0.717) is 0 Å². The van der Waals surface area contributed by atoms with Gasteiger partial charge in [0.25, 0.3) is 0 Å². The summed E-state index contributed by atoms with van der Waals surface area (Å²) in [5.41, 5.74) is 0.133. The lowest BCUT2D eigenvalue weighted by molar-refractivity contribution is -0.143. The van der Waals surface area contributed by atoms with Gasteiger partial charge in [0.1, 0.15) is 11.7 Å². The molecule has 0 spiro atoms. The van der Waals surface area contributed by atoms with Gasteiger partial charge in [0, 0.05) is 0 Å². The summed E-state index contributed by atoms with van der Waals surface area (Å²) in [5.74, 6) is -1.37. The number of hydrogen-bond donors (Lipinski definition) is 3. The van der Waals surface area contributed by atoms with Crippen molar-refractivity contribution < 1.29 is 29.3 Å². The second-order valence-corrected chi connectivity index (χ2v) is 6.03. The second kappa shape index (κ2) is 8.50. The molecule has 7 heteroatoms. The Kier molecular flexibility index (Phi) is 6.99. The predicted molar refractivity (Wildman–Crippen MR) is 82.9 cm³/mol. The van der Waals surface area contributed by atoms with Crippen LogP contribution in [0.25, 0.3) is 0 Å². The molecule has 0 aliphatic carbocycles. The summed E-state index contributed by atoms with van der Waals surface area (Å²) in [6, 6.07) is 7.74. The van der Waals surface area contributed by atoms with Gasteiger partial charge in [-0.3, -0.25) is 0 Å². The molecule has 0 saturated heterocycles. The highest BCUT2D eigenvalue weighted by molar-refractivity contribution is 5.80. The minimum Gasteiger partial charge on any atom is -0.480 e. The van der Waals surface area contributed by atoms with Crippen LogP contribution < -0.4 is 5.32 Å². The number of amides is 1. The Hall–Kier alpha value is -2.12. The molecule has 0 radical (unpaired) electrons. The summed E-state index contributed by atoms with van der Waals surface area (Å²) in [5, 5.41) is 21.2. The number of rotatable bonds is 7. The van der Waals surface area contributed by atoms with Gasteiger partial charge < -0.3 is 25.0 Å². The number of aliphatic carboxylic acids is 1. The van der Waals surface area contributed by atoms with Crippen molar-refractivity contribution in [2.45, 2.75) is 45.1 Å². The van der Waals surface area contributed by atoms with E-state index < -0.39 is 29.8 Å². The van der Waals surface area contributed by atoms with Gasteiger partial charge in [-0.2, -0.15) is 0 Å². The molecule has 0 bridgehead atoms. The Morgan fingerprint density at radius 1 is 1.22 bits per heavy atom. The molecule has 0 aliphatic rings. The zero-order chi connectivity index (χ0) is 17.5. The first kappa shape index (κ1) is 18.9. The standard InChI is InChI=1S/C16H23NO6/c1-16(2,3)23-15(21)17-13(14(19)20)12(18)10-22-9-11-7-5-4-6-8-11/h4-8,12-13,18H,9-10H2,1-3H3,(H,17,21)(H,19,20)/t12?,13-/m1/s1. The van der Waals surface area contributed by atoms with Crippen LogP contribution in [0.5, 0.6) is 0 Å². The van der Waals surface area contributed by atoms with Crippen LogP contribution in [0.1, 0.15) is 26.3 Å². The summed E-state index contributed by atoms with van der Waals surface area (Å²) in [7, 11) is 0. The van der Waals surface area contributed by atoms with E-state index in [1.54, 1.807) is 20.8 Å². The first-order valence-electron chi connectivity index (χ1n) is 7.21. The highest BCUT2D eigenvalue weighted by Gasteiger charge is 2.30. The van der Waals surface area contributed by atoms with E-state index in [2.05, 4.69) is 5.32 Å². The SMILES string of the molecule is CC(C)(C)OC(=O)N[C@@H](C(=O)O)C(O)COCc1ccccc1. The summed E-state index contributed by atoms with van der Waals surface area (Å²) in [6.45, 7) is 4.96. The fourth-order valence-electron chi connectivity index (χ4n) is 1.73. The van der Waals surface area contributed by atoms with E-state index in [1.807, 2.05) is 30.3 Å². The first-order valence-corrected chi connectivity index (χ1v) is 7.21. The third kappa shape index (κ3) is 7.62. The monoisotopic (exact) mass is 325 g/mol. The van der Waals surface area contributed by atoms with Gasteiger partial charge in [-0.25, -0.2) is 9.59 Å². The minimum atomic E-state index is -1.51. The average Bonchev–Trinajstić information content (AvgIpc) is 2.43. The predicted octanol–water partition coefficient (Wildman–Crippen LogP) is 1.54. The molecular formula is C16H23NO6. The zero-order valence-corrected chi connectivity index (χ0v) is 13.5. The van der Waals surface area contributed by atoms with Crippen LogP contribution in [-0.2, 0) is 20.9 Å². The lowest BCUT2D eigenvalue weighted by Gasteiger charge is -2.24. The van der Waals surface area contributed by atoms with Crippen molar-refractivity contribution in [3.63, 3.8) is 0 Å². The third-order valence-electron chi connectivity index (χ3n) is 2.72. The molecule has 1 rings (SSSR count). The fourth-order valence-corrected chi connectivity index (χ4v) is 1.73. The maximum atomic E-state index is 11.6. The maximum Gasteiger partial charge on any atom is 0.408 e. The molecule has 0 aliphatic heterocycles.